The summed E-state index contributed by atoms with van der Waals surface area (Å²) < 4.78 is 1.31. The van der Waals surface area contributed by atoms with Gasteiger partial charge in [-0.15, -0.1) is 11.3 Å². The molecule has 6 aromatic carbocycles. The van der Waals surface area contributed by atoms with Gasteiger partial charge in [0, 0.05) is 38.1 Å². The van der Waals surface area contributed by atoms with Gasteiger partial charge in [-0.2, -0.15) is 0 Å². The summed E-state index contributed by atoms with van der Waals surface area (Å²) in [5, 5.41) is 5.06. The molecular formula is C39H26N2S. The van der Waals surface area contributed by atoms with Gasteiger partial charge >= 0.3 is 0 Å². The summed E-state index contributed by atoms with van der Waals surface area (Å²) in [5.41, 5.74) is 7.86. The molecule has 0 N–H and O–H groups in total. The Hall–Kier alpha value is -5.25. The van der Waals surface area contributed by atoms with Crippen LogP contribution in [0.2, 0.25) is 0 Å². The Balaban J connectivity index is 1.16. The van der Waals surface area contributed by atoms with E-state index in [1.54, 1.807) is 11.3 Å². The van der Waals surface area contributed by atoms with Crippen molar-refractivity contribution in [2.75, 3.05) is 4.90 Å². The number of thiophene rings is 1. The molecule has 0 aliphatic rings. The topological polar surface area (TPSA) is 16.1 Å². The molecule has 0 bridgehead atoms. The summed E-state index contributed by atoms with van der Waals surface area (Å²) in [6, 6.07) is 56.0. The van der Waals surface area contributed by atoms with Crippen molar-refractivity contribution in [1.82, 2.24) is 4.98 Å². The highest BCUT2D eigenvalue weighted by Crippen LogP contribution is 2.40. The van der Waals surface area contributed by atoms with Crippen molar-refractivity contribution in [3.8, 4) is 22.4 Å². The van der Waals surface area contributed by atoms with Gasteiger partial charge in [-0.3, -0.25) is 0 Å². The van der Waals surface area contributed by atoms with Crippen molar-refractivity contribution >= 4 is 59.5 Å². The lowest BCUT2D eigenvalue weighted by atomic mass is 10.0. The quantitative estimate of drug-likeness (QED) is 0.210. The minimum absolute atomic E-state index is 0.989. The predicted octanol–water partition coefficient (Wildman–Crippen LogP) is 11.4. The summed E-state index contributed by atoms with van der Waals surface area (Å²) in [6.45, 7) is 0. The fourth-order valence-electron chi connectivity index (χ4n) is 5.78. The van der Waals surface area contributed by atoms with Crippen molar-refractivity contribution in [1.29, 1.82) is 0 Å². The fourth-order valence-corrected chi connectivity index (χ4v) is 6.99. The van der Waals surface area contributed by atoms with Crippen LogP contribution in [-0.2, 0) is 0 Å². The molecule has 0 aliphatic carbocycles. The molecule has 0 saturated carbocycles. The molecule has 8 aromatic rings. The van der Waals surface area contributed by atoms with Crippen LogP contribution in [0.15, 0.2) is 158 Å². The van der Waals surface area contributed by atoms with Gasteiger partial charge in [0.1, 0.15) is 4.83 Å². The number of hydrogen-bond donors (Lipinski definition) is 0. The lowest BCUT2D eigenvalue weighted by Crippen LogP contribution is -2.09. The minimum Gasteiger partial charge on any atom is -0.311 e. The van der Waals surface area contributed by atoms with E-state index >= 15 is 0 Å². The number of anilines is 3. The van der Waals surface area contributed by atoms with E-state index in [1.807, 2.05) is 0 Å². The van der Waals surface area contributed by atoms with Crippen LogP contribution >= 0.6 is 11.3 Å². The molecule has 8 rings (SSSR count). The Morgan fingerprint density at radius 2 is 0.976 bits per heavy atom. The molecule has 0 unspecified atom stereocenters. The van der Waals surface area contributed by atoms with Gasteiger partial charge < -0.3 is 4.90 Å². The molecule has 0 atom stereocenters. The normalized spacial score (nSPS) is 11.3. The number of fused-ring (bicyclic) bond motifs is 5. The van der Waals surface area contributed by atoms with Gasteiger partial charge in [0.05, 0.1) is 5.69 Å². The van der Waals surface area contributed by atoms with Crippen molar-refractivity contribution < 1.29 is 0 Å². The van der Waals surface area contributed by atoms with Gasteiger partial charge in [0.2, 0.25) is 0 Å². The molecule has 0 aliphatic heterocycles. The van der Waals surface area contributed by atoms with E-state index in [1.165, 1.54) is 37.4 Å². The first-order valence-electron chi connectivity index (χ1n) is 14.1. The number of aromatic nitrogens is 1. The van der Waals surface area contributed by atoms with Crippen LogP contribution in [0.5, 0.6) is 0 Å². The van der Waals surface area contributed by atoms with Crippen molar-refractivity contribution in [2.45, 2.75) is 0 Å². The molecule has 2 aromatic heterocycles. The van der Waals surface area contributed by atoms with Crippen LogP contribution in [0.25, 0.3) is 53.5 Å². The largest absolute Gasteiger partial charge is 0.311 e. The number of rotatable bonds is 5. The van der Waals surface area contributed by atoms with Crippen LogP contribution in [0.1, 0.15) is 0 Å². The monoisotopic (exact) mass is 554 g/mol. The molecule has 0 fully saturated rings. The molecule has 2 nitrogen and oxygen atoms in total. The Morgan fingerprint density at radius 1 is 0.405 bits per heavy atom. The Morgan fingerprint density at radius 3 is 1.71 bits per heavy atom. The summed E-state index contributed by atoms with van der Waals surface area (Å²) in [7, 11) is 0. The van der Waals surface area contributed by atoms with Gasteiger partial charge in [-0.05, 0) is 70.4 Å². The maximum Gasteiger partial charge on any atom is 0.125 e. The molecule has 0 amide bonds. The highest BCUT2D eigenvalue weighted by molar-refractivity contribution is 7.26. The van der Waals surface area contributed by atoms with E-state index in [-0.39, 0.29) is 0 Å². The Labute approximate surface area is 248 Å². The van der Waals surface area contributed by atoms with Gasteiger partial charge in [0.15, 0.2) is 0 Å². The highest BCUT2D eigenvalue weighted by atomic mass is 32.1. The fraction of sp³-hybridized carbons (Fsp3) is 0. The Bertz CT molecular complexity index is 2170. The van der Waals surface area contributed by atoms with Crippen molar-refractivity contribution in [2.24, 2.45) is 0 Å². The number of benzene rings is 6. The minimum atomic E-state index is 0.989. The molecular weight excluding hydrogens is 529 g/mol. The maximum atomic E-state index is 5.12. The standard InChI is InChI=1S/C39H26N2S/c1-3-9-27(10-4-1)28-15-20-32(21-16-28)41(31-12-5-2-6-13-31)33-22-17-30(18-23-33)37-26-25-36-35-24-19-29-11-7-8-14-34(29)38(35)42-39(36)40-37/h1-26H. The van der Waals surface area contributed by atoms with Gasteiger partial charge in [-0.25, -0.2) is 4.98 Å². The van der Waals surface area contributed by atoms with E-state index in [2.05, 4.69) is 163 Å². The molecule has 3 heteroatoms. The predicted molar refractivity (Wildman–Crippen MR) is 180 cm³/mol. The highest BCUT2D eigenvalue weighted by Gasteiger charge is 2.14. The van der Waals surface area contributed by atoms with E-state index in [0.717, 1.165) is 33.1 Å². The smallest absolute Gasteiger partial charge is 0.125 e. The first-order chi connectivity index (χ1) is 20.8. The second-order valence-electron chi connectivity index (χ2n) is 10.4. The summed E-state index contributed by atoms with van der Waals surface area (Å²) in [4.78, 5) is 8.50. The van der Waals surface area contributed by atoms with Crippen LogP contribution in [0.4, 0.5) is 17.1 Å². The van der Waals surface area contributed by atoms with Crippen LogP contribution in [0.3, 0.4) is 0 Å². The maximum absolute atomic E-state index is 5.12. The number of hydrogen-bond acceptors (Lipinski definition) is 3. The van der Waals surface area contributed by atoms with E-state index < -0.39 is 0 Å². The first-order valence-corrected chi connectivity index (χ1v) is 15.0. The second-order valence-corrected chi connectivity index (χ2v) is 11.4. The molecule has 198 valence electrons. The molecule has 0 spiro atoms. The van der Waals surface area contributed by atoms with Crippen molar-refractivity contribution in [3.63, 3.8) is 0 Å². The zero-order chi connectivity index (χ0) is 27.9. The number of para-hydroxylation sites is 1. The SMILES string of the molecule is c1ccc(-c2ccc(N(c3ccccc3)c3ccc(-c4ccc5c(n4)sc4c6ccccc6ccc54)cc3)cc2)cc1. The first kappa shape index (κ1) is 24.5. The second kappa shape index (κ2) is 10.3. The third-order valence-electron chi connectivity index (χ3n) is 7.90. The van der Waals surface area contributed by atoms with Crippen molar-refractivity contribution in [3.05, 3.63) is 158 Å². The van der Waals surface area contributed by atoms with E-state index in [4.69, 9.17) is 4.98 Å². The Kier molecular flexibility index (Phi) is 6.02. The van der Waals surface area contributed by atoms with E-state index in [9.17, 15) is 0 Å². The molecule has 0 radical (unpaired) electrons. The lowest BCUT2D eigenvalue weighted by Gasteiger charge is -2.26. The van der Waals surface area contributed by atoms with Crippen LogP contribution in [-0.4, -0.2) is 4.98 Å². The lowest BCUT2D eigenvalue weighted by molar-refractivity contribution is 1.28. The van der Waals surface area contributed by atoms with Gasteiger partial charge in [0.25, 0.3) is 0 Å². The van der Waals surface area contributed by atoms with Crippen LogP contribution in [0, 0.1) is 0 Å². The summed E-state index contributed by atoms with van der Waals surface area (Å²) in [6.07, 6.45) is 0. The zero-order valence-corrected chi connectivity index (χ0v) is 23.6. The average molecular weight is 555 g/mol. The molecule has 2 heterocycles. The number of pyridine rings is 1. The third kappa shape index (κ3) is 4.32. The number of nitrogens with zero attached hydrogens (tertiary/aromatic N) is 2. The molecule has 42 heavy (non-hydrogen) atoms. The summed E-state index contributed by atoms with van der Waals surface area (Å²) >= 11 is 1.78. The zero-order valence-electron chi connectivity index (χ0n) is 22.8. The third-order valence-corrected chi connectivity index (χ3v) is 9.05. The van der Waals surface area contributed by atoms with E-state index in [0.29, 0.717) is 0 Å². The van der Waals surface area contributed by atoms with Gasteiger partial charge in [-0.1, -0.05) is 109 Å². The van der Waals surface area contributed by atoms with Crippen LogP contribution < -0.4 is 4.90 Å². The summed E-state index contributed by atoms with van der Waals surface area (Å²) in [5.74, 6) is 0. The average Bonchev–Trinajstić information content (AvgIpc) is 3.45. The molecule has 0 saturated heterocycles.